The number of ether oxygens (including phenoxy) is 1. The van der Waals surface area contributed by atoms with Crippen LogP contribution >= 0.6 is 0 Å². The lowest BCUT2D eigenvalue weighted by atomic mass is 10.2. The molecule has 0 radical (unpaired) electrons. The summed E-state index contributed by atoms with van der Waals surface area (Å²) in [7, 11) is 0. The Morgan fingerprint density at radius 1 is 0.941 bits per heavy atom. The van der Waals surface area contributed by atoms with Gasteiger partial charge in [0.25, 0.3) is 0 Å². The Labute approximate surface area is 109 Å². The Morgan fingerprint density at radius 2 is 1.71 bits per heavy atom. The number of nitrogens with one attached hydrogen (secondary N) is 1. The monoisotopic (exact) mass is 243 g/mol. The van der Waals surface area contributed by atoms with Crippen LogP contribution in [0.2, 0.25) is 0 Å². The predicted octanol–water partition coefficient (Wildman–Crippen LogP) is 4.00. The van der Waals surface area contributed by atoms with Gasteiger partial charge in [0, 0.05) is 13.2 Å². The molecule has 0 aromatic heterocycles. The Bertz CT molecular complexity index is 148. The van der Waals surface area contributed by atoms with Gasteiger partial charge in [0.1, 0.15) is 0 Å². The Kier molecular flexibility index (Phi) is 12.3. The average Bonchev–Trinajstić information content (AvgIpc) is 2.28. The van der Waals surface area contributed by atoms with E-state index in [4.69, 9.17) is 4.74 Å². The molecule has 0 heterocycles. The summed E-state index contributed by atoms with van der Waals surface area (Å²) in [4.78, 5) is 0. The van der Waals surface area contributed by atoms with E-state index in [1.807, 2.05) is 0 Å². The topological polar surface area (TPSA) is 21.3 Å². The van der Waals surface area contributed by atoms with Crippen molar-refractivity contribution in [3.8, 4) is 0 Å². The van der Waals surface area contributed by atoms with E-state index >= 15 is 0 Å². The molecular formula is C15H33NO. The molecule has 1 N–H and O–H groups in total. The van der Waals surface area contributed by atoms with Crippen molar-refractivity contribution in [3.63, 3.8) is 0 Å². The van der Waals surface area contributed by atoms with E-state index in [2.05, 4.69) is 33.0 Å². The third-order valence-electron chi connectivity index (χ3n) is 2.89. The van der Waals surface area contributed by atoms with E-state index in [0.29, 0.717) is 6.10 Å². The summed E-state index contributed by atoms with van der Waals surface area (Å²) >= 11 is 0. The van der Waals surface area contributed by atoms with Gasteiger partial charge in [-0.1, -0.05) is 53.4 Å². The molecule has 0 aromatic rings. The minimum absolute atomic E-state index is 0.417. The molecule has 0 amide bonds. The average molecular weight is 243 g/mol. The van der Waals surface area contributed by atoms with Crippen LogP contribution < -0.4 is 5.32 Å². The summed E-state index contributed by atoms with van der Waals surface area (Å²) < 4.78 is 5.95. The zero-order valence-corrected chi connectivity index (χ0v) is 12.4. The first-order valence-corrected chi connectivity index (χ1v) is 7.53. The van der Waals surface area contributed by atoms with Gasteiger partial charge >= 0.3 is 0 Å². The fraction of sp³-hybridized carbons (Fsp3) is 1.00. The van der Waals surface area contributed by atoms with Crippen LogP contribution in [0.1, 0.15) is 66.2 Å². The fourth-order valence-corrected chi connectivity index (χ4v) is 1.88. The van der Waals surface area contributed by atoms with E-state index in [1.165, 1.54) is 38.5 Å². The molecule has 0 bridgehead atoms. The van der Waals surface area contributed by atoms with Gasteiger partial charge in [-0.05, 0) is 25.3 Å². The summed E-state index contributed by atoms with van der Waals surface area (Å²) in [5.41, 5.74) is 0. The molecule has 0 rings (SSSR count). The van der Waals surface area contributed by atoms with Crippen LogP contribution in [0.15, 0.2) is 0 Å². The maximum atomic E-state index is 5.95. The molecule has 2 nitrogen and oxygen atoms in total. The minimum atomic E-state index is 0.417. The standard InChI is InChI=1S/C15H33NO/c1-5-7-8-9-11-17-15(10-6-2)13-16-12-14(3)4/h14-16H,5-13H2,1-4H3. The van der Waals surface area contributed by atoms with Gasteiger partial charge in [-0.25, -0.2) is 0 Å². The van der Waals surface area contributed by atoms with Gasteiger partial charge < -0.3 is 10.1 Å². The van der Waals surface area contributed by atoms with Gasteiger partial charge in [0.2, 0.25) is 0 Å². The highest BCUT2D eigenvalue weighted by molar-refractivity contribution is 4.62. The van der Waals surface area contributed by atoms with Crippen LogP contribution in [0.4, 0.5) is 0 Å². The highest BCUT2D eigenvalue weighted by Gasteiger charge is 2.07. The molecule has 2 heteroatoms. The van der Waals surface area contributed by atoms with Crippen molar-refractivity contribution in [1.29, 1.82) is 0 Å². The van der Waals surface area contributed by atoms with E-state index in [-0.39, 0.29) is 0 Å². The molecule has 0 aliphatic carbocycles. The van der Waals surface area contributed by atoms with Crippen LogP contribution in [0.3, 0.4) is 0 Å². The minimum Gasteiger partial charge on any atom is -0.377 e. The van der Waals surface area contributed by atoms with Gasteiger partial charge in [-0.2, -0.15) is 0 Å². The second-order valence-corrected chi connectivity index (χ2v) is 5.39. The molecule has 0 aliphatic rings. The van der Waals surface area contributed by atoms with Gasteiger partial charge in [-0.3, -0.25) is 0 Å². The Hall–Kier alpha value is -0.0800. The van der Waals surface area contributed by atoms with Crippen molar-refractivity contribution in [2.24, 2.45) is 5.92 Å². The van der Waals surface area contributed by atoms with Crippen LogP contribution in [0.5, 0.6) is 0 Å². The highest BCUT2D eigenvalue weighted by atomic mass is 16.5. The van der Waals surface area contributed by atoms with Crippen molar-refractivity contribution in [3.05, 3.63) is 0 Å². The van der Waals surface area contributed by atoms with Crippen LogP contribution in [-0.2, 0) is 4.74 Å². The zero-order valence-electron chi connectivity index (χ0n) is 12.4. The highest BCUT2D eigenvalue weighted by Crippen LogP contribution is 2.05. The lowest BCUT2D eigenvalue weighted by Gasteiger charge is -2.18. The molecule has 104 valence electrons. The number of unbranched alkanes of at least 4 members (excludes halogenated alkanes) is 3. The second kappa shape index (κ2) is 12.4. The van der Waals surface area contributed by atoms with E-state index < -0.39 is 0 Å². The van der Waals surface area contributed by atoms with Crippen molar-refractivity contribution < 1.29 is 4.74 Å². The largest absolute Gasteiger partial charge is 0.377 e. The summed E-state index contributed by atoms with van der Waals surface area (Å²) in [5, 5.41) is 3.50. The first-order valence-electron chi connectivity index (χ1n) is 7.53. The first-order chi connectivity index (χ1) is 8.20. The van der Waals surface area contributed by atoms with E-state index in [0.717, 1.165) is 25.6 Å². The van der Waals surface area contributed by atoms with Crippen molar-refractivity contribution in [1.82, 2.24) is 5.32 Å². The summed E-state index contributed by atoms with van der Waals surface area (Å²) in [6.07, 6.45) is 7.98. The molecular weight excluding hydrogens is 210 g/mol. The zero-order chi connectivity index (χ0) is 12.9. The first kappa shape index (κ1) is 16.9. The van der Waals surface area contributed by atoms with E-state index in [9.17, 15) is 0 Å². The van der Waals surface area contributed by atoms with Crippen molar-refractivity contribution in [2.75, 3.05) is 19.7 Å². The van der Waals surface area contributed by atoms with Gasteiger partial charge in [0.15, 0.2) is 0 Å². The van der Waals surface area contributed by atoms with Crippen LogP contribution in [0, 0.1) is 5.92 Å². The molecule has 1 unspecified atom stereocenters. The van der Waals surface area contributed by atoms with Gasteiger partial charge in [-0.15, -0.1) is 0 Å². The summed E-state index contributed by atoms with van der Waals surface area (Å²) in [6, 6.07) is 0. The lowest BCUT2D eigenvalue weighted by Crippen LogP contribution is -2.31. The lowest BCUT2D eigenvalue weighted by molar-refractivity contribution is 0.0442. The Balaban J connectivity index is 3.52. The molecule has 1 atom stereocenters. The molecule has 0 aliphatic heterocycles. The number of rotatable bonds is 12. The van der Waals surface area contributed by atoms with Crippen LogP contribution in [-0.4, -0.2) is 25.8 Å². The van der Waals surface area contributed by atoms with Crippen molar-refractivity contribution in [2.45, 2.75) is 72.3 Å². The smallest absolute Gasteiger partial charge is 0.0699 e. The maximum absolute atomic E-state index is 5.95. The normalized spacial score (nSPS) is 13.2. The molecule has 17 heavy (non-hydrogen) atoms. The molecule has 0 aromatic carbocycles. The quantitative estimate of drug-likeness (QED) is 0.523. The fourth-order valence-electron chi connectivity index (χ4n) is 1.88. The summed E-state index contributed by atoms with van der Waals surface area (Å²) in [6.45, 7) is 12.0. The van der Waals surface area contributed by atoms with Crippen LogP contribution in [0.25, 0.3) is 0 Å². The third kappa shape index (κ3) is 12.2. The van der Waals surface area contributed by atoms with Crippen molar-refractivity contribution >= 4 is 0 Å². The maximum Gasteiger partial charge on any atom is 0.0699 e. The SMILES string of the molecule is CCCCCCOC(CCC)CNCC(C)C. The number of hydrogen-bond acceptors (Lipinski definition) is 2. The van der Waals surface area contributed by atoms with E-state index in [1.54, 1.807) is 0 Å². The molecule has 0 saturated heterocycles. The summed E-state index contributed by atoms with van der Waals surface area (Å²) in [5.74, 6) is 0.724. The number of hydrogen-bond donors (Lipinski definition) is 1. The van der Waals surface area contributed by atoms with Gasteiger partial charge in [0.05, 0.1) is 6.10 Å². The second-order valence-electron chi connectivity index (χ2n) is 5.39. The predicted molar refractivity (Wildman–Crippen MR) is 76.5 cm³/mol. The molecule has 0 saturated carbocycles. The molecule has 0 fully saturated rings. The third-order valence-corrected chi connectivity index (χ3v) is 2.89. The Morgan fingerprint density at radius 3 is 2.29 bits per heavy atom. The molecule has 0 spiro atoms.